The Morgan fingerprint density at radius 2 is 1.96 bits per heavy atom. The van der Waals surface area contributed by atoms with Gasteiger partial charge in [-0.3, -0.25) is 14.4 Å². The van der Waals surface area contributed by atoms with Crippen LogP contribution in [0.15, 0.2) is 0 Å². The summed E-state index contributed by atoms with van der Waals surface area (Å²) in [5, 5.41) is 0. The second-order valence-electron chi connectivity index (χ2n) is 8.43. The fourth-order valence-electron chi connectivity index (χ4n) is 4.65. The third-order valence-electron chi connectivity index (χ3n) is 6.68. The standard InChI is InChI=1S/C19H26O8/c1-6-18(2,3)16(22)25-8-11(20)26-13-9-7-10-14(13)27-17(23)19(10,4)12(9)15(21)24-5/h9-10,12-14H,6-8H2,1-5H3. The first-order valence-corrected chi connectivity index (χ1v) is 9.23. The highest BCUT2D eigenvalue weighted by Crippen LogP contribution is 2.65. The van der Waals surface area contributed by atoms with Gasteiger partial charge in [0.15, 0.2) is 6.61 Å². The van der Waals surface area contributed by atoms with Crippen LogP contribution >= 0.6 is 0 Å². The van der Waals surface area contributed by atoms with Gasteiger partial charge in [-0.25, -0.2) is 4.79 Å². The summed E-state index contributed by atoms with van der Waals surface area (Å²) in [6.07, 6.45) is -0.179. The normalized spacial score (nSPS) is 36.3. The van der Waals surface area contributed by atoms with Crippen molar-refractivity contribution >= 4 is 23.9 Å². The van der Waals surface area contributed by atoms with Gasteiger partial charge in [-0.05, 0) is 33.6 Å². The molecule has 150 valence electrons. The van der Waals surface area contributed by atoms with Crippen molar-refractivity contribution < 1.29 is 38.1 Å². The van der Waals surface area contributed by atoms with Gasteiger partial charge in [0.05, 0.1) is 23.9 Å². The van der Waals surface area contributed by atoms with Crippen molar-refractivity contribution in [3.05, 3.63) is 0 Å². The number of methoxy groups -OCH3 is 1. The Morgan fingerprint density at radius 1 is 1.30 bits per heavy atom. The predicted molar refractivity (Wildman–Crippen MR) is 90.0 cm³/mol. The second-order valence-corrected chi connectivity index (χ2v) is 8.43. The maximum atomic E-state index is 12.4. The van der Waals surface area contributed by atoms with Crippen LogP contribution in [0.1, 0.15) is 40.5 Å². The van der Waals surface area contributed by atoms with Crippen molar-refractivity contribution in [3.63, 3.8) is 0 Å². The van der Waals surface area contributed by atoms with Crippen LogP contribution < -0.4 is 0 Å². The summed E-state index contributed by atoms with van der Waals surface area (Å²) in [7, 11) is 1.27. The van der Waals surface area contributed by atoms with E-state index in [0.717, 1.165) is 0 Å². The van der Waals surface area contributed by atoms with Crippen LogP contribution in [-0.4, -0.2) is 49.8 Å². The van der Waals surface area contributed by atoms with Gasteiger partial charge in [0.1, 0.15) is 12.2 Å². The minimum Gasteiger partial charge on any atom is -0.469 e. The molecule has 6 unspecified atom stereocenters. The SMILES string of the molecule is CCC(C)(C)C(=O)OCC(=O)OC1C2CC3C1OC(=O)C3(C)C2C(=O)OC. The molecule has 0 amide bonds. The number of carbonyl (C=O) groups excluding carboxylic acids is 4. The van der Waals surface area contributed by atoms with E-state index < -0.39 is 59.4 Å². The number of esters is 4. The lowest BCUT2D eigenvalue weighted by molar-refractivity contribution is -0.175. The molecule has 8 heteroatoms. The summed E-state index contributed by atoms with van der Waals surface area (Å²) < 4.78 is 20.9. The Hall–Kier alpha value is -2.12. The first-order chi connectivity index (χ1) is 12.6. The first kappa shape index (κ1) is 19.6. The molecule has 1 saturated heterocycles. The summed E-state index contributed by atoms with van der Waals surface area (Å²) in [5.41, 5.74) is -1.63. The maximum absolute atomic E-state index is 12.4. The van der Waals surface area contributed by atoms with E-state index in [-0.39, 0.29) is 11.8 Å². The van der Waals surface area contributed by atoms with E-state index in [4.69, 9.17) is 18.9 Å². The molecule has 8 nitrogen and oxygen atoms in total. The molecule has 27 heavy (non-hydrogen) atoms. The number of hydrogen-bond acceptors (Lipinski definition) is 8. The molecular weight excluding hydrogens is 356 g/mol. The lowest BCUT2D eigenvalue weighted by Gasteiger charge is -2.35. The van der Waals surface area contributed by atoms with E-state index >= 15 is 0 Å². The lowest BCUT2D eigenvalue weighted by atomic mass is 9.67. The minimum atomic E-state index is -0.942. The number of hydrogen-bond donors (Lipinski definition) is 0. The quantitative estimate of drug-likeness (QED) is 0.499. The van der Waals surface area contributed by atoms with Gasteiger partial charge in [0, 0.05) is 11.8 Å². The van der Waals surface area contributed by atoms with Gasteiger partial charge >= 0.3 is 23.9 Å². The molecule has 3 rings (SSSR count). The Bertz CT molecular complexity index is 683. The number of ether oxygens (including phenoxy) is 4. The van der Waals surface area contributed by atoms with E-state index in [0.29, 0.717) is 12.8 Å². The van der Waals surface area contributed by atoms with Gasteiger partial charge in [-0.2, -0.15) is 0 Å². The van der Waals surface area contributed by atoms with Crippen molar-refractivity contribution in [3.8, 4) is 0 Å². The summed E-state index contributed by atoms with van der Waals surface area (Å²) in [5.74, 6) is -3.42. The lowest BCUT2D eigenvalue weighted by Crippen LogP contribution is -2.48. The third kappa shape index (κ3) is 2.80. The van der Waals surface area contributed by atoms with Gasteiger partial charge in [0.2, 0.25) is 0 Å². The zero-order valence-electron chi connectivity index (χ0n) is 16.3. The van der Waals surface area contributed by atoms with Crippen molar-refractivity contribution in [2.45, 2.75) is 52.7 Å². The molecule has 2 aliphatic carbocycles. The van der Waals surface area contributed by atoms with Crippen LogP contribution in [0.5, 0.6) is 0 Å². The molecule has 2 saturated carbocycles. The minimum absolute atomic E-state index is 0.196. The molecule has 3 aliphatic rings. The Balaban J connectivity index is 1.68. The zero-order chi connectivity index (χ0) is 20.1. The number of carbonyl (C=O) groups is 4. The van der Waals surface area contributed by atoms with Gasteiger partial charge in [-0.15, -0.1) is 0 Å². The highest BCUT2D eigenvalue weighted by Gasteiger charge is 2.76. The van der Waals surface area contributed by atoms with Gasteiger partial charge < -0.3 is 18.9 Å². The van der Waals surface area contributed by atoms with E-state index in [9.17, 15) is 19.2 Å². The summed E-state index contributed by atoms with van der Waals surface area (Å²) in [6.45, 7) is 6.52. The van der Waals surface area contributed by atoms with Crippen molar-refractivity contribution in [2.75, 3.05) is 13.7 Å². The van der Waals surface area contributed by atoms with Crippen molar-refractivity contribution in [2.24, 2.45) is 28.6 Å². The van der Waals surface area contributed by atoms with Crippen LogP contribution in [0.25, 0.3) is 0 Å². The van der Waals surface area contributed by atoms with Crippen LogP contribution in [0, 0.1) is 28.6 Å². The molecule has 0 spiro atoms. The van der Waals surface area contributed by atoms with Gasteiger partial charge in [-0.1, -0.05) is 6.92 Å². The second kappa shape index (κ2) is 6.49. The van der Waals surface area contributed by atoms with E-state index in [1.165, 1.54) is 7.11 Å². The number of rotatable bonds is 6. The molecule has 0 radical (unpaired) electrons. The van der Waals surface area contributed by atoms with Crippen LogP contribution in [0.3, 0.4) is 0 Å². The molecule has 0 aromatic heterocycles. The molecule has 1 aliphatic heterocycles. The molecule has 3 fully saturated rings. The van der Waals surface area contributed by atoms with E-state index in [2.05, 4.69) is 0 Å². The van der Waals surface area contributed by atoms with Gasteiger partial charge in [0.25, 0.3) is 0 Å². The summed E-state index contributed by atoms with van der Waals surface area (Å²) in [6, 6.07) is 0. The zero-order valence-corrected chi connectivity index (χ0v) is 16.3. The smallest absolute Gasteiger partial charge is 0.344 e. The fourth-order valence-corrected chi connectivity index (χ4v) is 4.65. The average Bonchev–Trinajstić information content (AvgIpc) is 3.18. The Morgan fingerprint density at radius 3 is 2.56 bits per heavy atom. The first-order valence-electron chi connectivity index (χ1n) is 9.23. The van der Waals surface area contributed by atoms with Crippen LogP contribution in [0.4, 0.5) is 0 Å². The van der Waals surface area contributed by atoms with Crippen LogP contribution in [-0.2, 0) is 38.1 Å². The van der Waals surface area contributed by atoms with Crippen molar-refractivity contribution in [1.29, 1.82) is 0 Å². The molecule has 0 aromatic rings. The Kier molecular flexibility index (Phi) is 4.72. The number of fused-ring (bicyclic) bond motifs is 1. The summed E-state index contributed by atoms with van der Waals surface area (Å²) >= 11 is 0. The average molecular weight is 382 g/mol. The fraction of sp³-hybridized carbons (Fsp3) is 0.789. The molecule has 0 N–H and O–H groups in total. The van der Waals surface area contributed by atoms with E-state index in [1.54, 1.807) is 20.8 Å². The van der Waals surface area contributed by atoms with Crippen LogP contribution in [0.2, 0.25) is 0 Å². The Labute approximate surface area is 157 Å². The highest BCUT2D eigenvalue weighted by atomic mass is 16.6. The third-order valence-corrected chi connectivity index (χ3v) is 6.68. The highest BCUT2D eigenvalue weighted by molar-refractivity contribution is 5.89. The maximum Gasteiger partial charge on any atom is 0.344 e. The molecule has 0 aromatic carbocycles. The van der Waals surface area contributed by atoms with Crippen molar-refractivity contribution in [1.82, 2.24) is 0 Å². The largest absolute Gasteiger partial charge is 0.469 e. The molecular formula is C19H26O8. The summed E-state index contributed by atoms with van der Waals surface area (Å²) in [4.78, 5) is 48.9. The molecule has 1 heterocycles. The molecule has 6 atom stereocenters. The monoisotopic (exact) mass is 382 g/mol. The molecule has 2 bridgehead atoms. The van der Waals surface area contributed by atoms with E-state index in [1.807, 2.05) is 6.92 Å². The topological polar surface area (TPSA) is 105 Å². The predicted octanol–water partition coefficient (Wildman–Crippen LogP) is 1.25.